The van der Waals surface area contributed by atoms with Gasteiger partial charge in [0.2, 0.25) is 0 Å². The van der Waals surface area contributed by atoms with Gasteiger partial charge in [0.25, 0.3) is 0 Å². The number of unbranched alkanes of at least 4 members (excludes halogenated alkanes) is 2. The standard InChI is InChI=1S/C5H12N/c1-2-3-4-5-6/h2H,3-6H2,1H3/q+1. The van der Waals surface area contributed by atoms with Crippen molar-refractivity contribution < 1.29 is 0 Å². The molecular formula is C5H12N+. The average molecular weight is 86.2 g/mol. The van der Waals surface area contributed by atoms with Gasteiger partial charge in [0.1, 0.15) is 0 Å². The largest absolute Gasteiger partial charge is 0.330 e. The summed E-state index contributed by atoms with van der Waals surface area (Å²) < 4.78 is 0. The van der Waals surface area contributed by atoms with Crippen molar-refractivity contribution >= 4 is 0 Å². The van der Waals surface area contributed by atoms with E-state index in [0.717, 1.165) is 19.4 Å². The van der Waals surface area contributed by atoms with Crippen LogP contribution in [0, 0.1) is 6.42 Å². The Balaban J connectivity index is 2.34. The highest BCUT2D eigenvalue weighted by Crippen LogP contribution is 1.86. The van der Waals surface area contributed by atoms with Gasteiger partial charge in [-0.2, -0.15) is 0 Å². The first-order valence-corrected chi connectivity index (χ1v) is 2.39. The molecular weight excluding hydrogens is 74.1 g/mol. The van der Waals surface area contributed by atoms with E-state index in [9.17, 15) is 0 Å². The predicted octanol–water partition coefficient (Wildman–Crippen LogP) is 0.949. The van der Waals surface area contributed by atoms with E-state index in [2.05, 4.69) is 13.3 Å². The maximum absolute atomic E-state index is 5.19. The van der Waals surface area contributed by atoms with Gasteiger partial charge in [-0.25, -0.2) is 0 Å². The third-order valence-corrected chi connectivity index (χ3v) is 0.697. The van der Waals surface area contributed by atoms with Crippen molar-refractivity contribution in [2.45, 2.75) is 19.8 Å². The normalized spacial score (nSPS) is 8.33. The molecule has 0 radical (unpaired) electrons. The van der Waals surface area contributed by atoms with E-state index in [1.54, 1.807) is 0 Å². The number of hydrogen-bond acceptors (Lipinski definition) is 1. The Kier molecular flexibility index (Phi) is 4.69. The van der Waals surface area contributed by atoms with Crippen molar-refractivity contribution in [1.82, 2.24) is 0 Å². The van der Waals surface area contributed by atoms with E-state index >= 15 is 0 Å². The van der Waals surface area contributed by atoms with Crippen LogP contribution in [0.2, 0.25) is 0 Å². The smallest absolute Gasteiger partial charge is 0.0884 e. The highest BCUT2D eigenvalue weighted by Gasteiger charge is 1.84. The summed E-state index contributed by atoms with van der Waals surface area (Å²) in [5.41, 5.74) is 5.19. The third-order valence-electron chi connectivity index (χ3n) is 0.697. The molecule has 2 N–H and O–H groups in total. The second-order valence-electron chi connectivity index (χ2n) is 1.34. The van der Waals surface area contributed by atoms with E-state index in [1.165, 1.54) is 0 Å². The van der Waals surface area contributed by atoms with Crippen LogP contribution in [-0.4, -0.2) is 6.54 Å². The Hall–Kier alpha value is -0.170. The summed E-state index contributed by atoms with van der Waals surface area (Å²) in [7, 11) is 0. The summed E-state index contributed by atoms with van der Waals surface area (Å²) in [4.78, 5) is 0. The molecule has 0 aromatic heterocycles. The Morgan fingerprint density at radius 3 is 2.50 bits per heavy atom. The lowest BCUT2D eigenvalue weighted by Gasteiger charge is -1.79. The molecule has 0 rings (SSSR count). The molecule has 1 heteroatoms. The lowest BCUT2D eigenvalue weighted by atomic mass is 10.3. The fourth-order valence-corrected chi connectivity index (χ4v) is 0.322. The van der Waals surface area contributed by atoms with Gasteiger partial charge in [-0.1, -0.05) is 0 Å². The van der Waals surface area contributed by atoms with Crippen molar-refractivity contribution in [3.8, 4) is 0 Å². The molecule has 0 amide bonds. The first-order chi connectivity index (χ1) is 2.91. The Morgan fingerprint density at radius 2 is 2.33 bits per heavy atom. The molecule has 0 spiro atoms. The molecule has 0 aliphatic rings. The van der Waals surface area contributed by atoms with Crippen LogP contribution >= 0.6 is 0 Å². The van der Waals surface area contributed by atoms with Gasteiger partial charge in [0.15, 0.2) is 0 Å². The molecule has 0 atom stereocenters. The van der Waals surface area contributed by atoms with E-state index in [1.807, 2.05) is 0 Å². The number of rotatable bonds is 3. The zero-order valence-corrected chi connectivity index (χ0v) is 4.28. The molecule has 0 unspecified atom stereocenters. The SMILES string of the molecule is C[CH+]CCCN. The summed E-state index contributed by atoms with van der Waals surface area (Å²) >= 11 is 0. The summed E-state index contributed by atoms with van der Waals surface area (Å²) in [5, 5.41) is 0. The minimum Gasteiger partial charge on any atom is -0.330 e. The Bertz CT molecular complexity index is 15.9. The van der Waals surface area contributed by atoms with Gasteiger partial charge in [-0.15, -0.1) is 0 Å². The summed E-state index contributed by atoms with van der Waals surface area (Å²) in [6, 6.07) is 0. The maximum atomic E-state index is 5.19. The van der Waals surface area contributed by atoms with Crippen LogP contribution in [0.3, 0.4) is 0 Å². The summed E-state index contributed by atoms with van der Waals surface area (Å²) in [6.45, 7) is 2.88. The average Bonchev–Trinajstić information content (AvgIpc) is 1.61. The summed E-state index contributed by atoms with van der Waals surface area (Å²) in [6.07, 6.45) is 4.43. The number of nitrogens with two attached hydrogens (primary N) is 1. The molecule has 6 heavy (non-hydrogen) atoms. The summed E-state index contributed by atoms with van der Waals surface area (Å²) in [5.74, 6) is 0. The molecule has 1 nitrogen and oxygen atoms in total. The second kappa shape index (κ2) is 4.83. The van der Waals surface area contributed by atoms with E-state index in [-0.39, 0.29) is 0 Å². The first kappa shape index (κ1) is 5.83. The molecule has 36 valence electrons. The fourth-order valence-electron chi connectivity index (χ4n) is 0.322. The molecule has 0 fully saturated rings. The molecule has 0 heterocycles. The Labute approximate surface area is 39.5 Å². The van der Waals surface area contributed by atoms with Crippen molar-refractivity contribution in [2.75, 3.05) is 6.54 Å². The van der Waals surface area contributed by atoms with Crippen molar-refractivity contribution in [3.05, 3.63) is 6.42 Å². The van der Waals surface area contributed by atoms with Crippen LogP contribution in [-0.2, 0) is 0 Å². The molecule has 0 saturated carbocycles. The van der Waals surface area contributed by atoms with Gasteiger partial charge >= 0.3 is 0 Å². The molecule has 0 aromatic rings. The fraction of sp³-hybridized carbons (Fsp3) is 0.800. The predicted molar refractivity (Wildman–Crippen MR) is 28.3 cm³/mol. The minimum absolute atomic E-state index is 0.824. The maximum Gasteiger partial charge on any atom is 0.0884 e. The Morgan fingerprint density at radius 1 is 1.67 bits per heavy atom. The topological polar surface area (TPSA) is 26.0 Å². The number of hydrogen-bond donors (Lipinski definition) is 1. The van der Waals surface area contributed by atoms with Gasteiger partial charge in [-0.05, 0) is 13.0 Å². The van der Waals surface area contributed by atoms with Crippen LogP contribution < -0.4 is 5.73 Å². The van der Waals surface area contributed by atoms with E-state index in [0.29, 0.717) is 0 Å². The highest BCUT2D eigenvalue weighted by molar-refractivity contribution is 4.54. The van der Waals surface area contributed by atoms with Crippen LogP contribution in [0.25, 0.3) is 0 Å². The van der Waals surface area contributed by atoms with Gasteiger partial charge < -0.3 is 5.73 Å². The van der Waals surface area contributed by atoms with Crippen LogP contribution in [0.15, 0.2) is 0 Å². The first-order valence-electron chi connectivity index (χ1n) is 2.39. The quantitative estimate of drug-likeness (QED) is 0.401. The molecule has 0 bridgehead atoms. The van der Waals surface area contributed by atoms with Crippen molar-refractivity contribution in [3.63, 3.8) is 0 Å². The zero-order chi connectivity index (χ0) is 4.83. The highest BCUT2D eigenvalue weighted by atomic mass is 14.5. The molecule has 0 aromatic carbocycles. The van der Waals surface area contributed by atoms with Crippen LogP contribution in [0.4, 0.5) is 0 Å². The van der Waals surface area contributed by atoms with Crippen molar-refractivity contribution in [1.29, 1.82) is 0 Å². The monoisotopic (exact) mass is 86.1 g/mol. The van der Waals surface area contributed by atoms with Gasteiger partial charge in [0.05, 0.1) is 19.8 Å². The lowest BCUT2D eigenvalue weighted by Crippen LogP contribution is -1.96. The van der Waals surface area contributed by atoms with Gasteiger partial charge in [0, 0.05) is 0 Å². The van der Waals surface area contributed by atoms with Crippen LogP contribution in [0.1, 0.15) is 19.8 Å². The van der Waals surface area contributed by atoms with E-state index in [4.69, 9.17) is 5.73 Å². The molecule has 0 saturated heterocycles. The van der Waals surface area contributed by atoms with Crippen molar-refractivity contribution in [2.24, 2.45) is 5.73 Å². The lowest BCUT2D eigenvalue weighted by molar-refractivity contribution is 0.819. The van der Waals surface area contributed by atoms with E-state index < -0.39 is 0 Å². The third kappa shape index (κ3) is 3.83. The second-order valence-corrected chi connectivity index (χ2v) is 1.34. The zero-order valence-electron chi connectivity index (χ0n) is 4.28. The molecule has 0 aliphatic heterocycles. The van der Waals surface area contributed by atoms with Crippen LogP contribution in [0.5, 0.6) is 0 Å². The molecule has 0 aliphatic carbocycles. The minimum atomic E-state index is 0.824. The van der Waals surface area contributed by atoms with Gasteiger partial charge in [-0.3, -0.25) is 0 Å².